The molecular formula is C7H10ClNO2. The van der Waals surface area contributed by atoms with Gasteiger partial charge in [-0.05, 0) is 6.42 Å². The lowest BCUT2D eigenvalue weighted by atomic mass is 10.2. The maximum atomic E-state index is 10.2. The van der Waals surface area contributed by atoms with Crippen molar-refractivity contribution in [3.8, 4) is 11.8 Å². The monoisotopic (exact) mass is 175 g/mol. The number of alkyl halides is 1. The van der Waals surface area contributed by atoms with Crippen molar-refractivity contribution in [2.24, 2.45) is 5.73 Å². The van der Waals surface area contributed by atoms with Crippen LogP contribution in [0.4, 0.5) is 0 Å². The molecule has 11 heavy (non-hydrogen) atoms. The molecule has 0 aromatic carbocycles. The highest BCUT2D eigenvalue weighted by Crippen LogP contribution is 1.92. The predicted molar refractivity (Wildman–Crippen MR) is 43.3 cm³/mol. The molecule has 0 radical (unpaired) electrons. The summed E-state index contributed by atoms with van der Waals surface area (Å²) < 4.78 is 0. The lowest BCUT2D eigenvalue weighted by Gasteiger charge is -2.00. The number of hydrogen-bond acceptors (Lipinski definition) is 2. The fourth-order valence-corrected chi connectivity index (χ4v) is 0.581. The van der Waals surface area contributed by atoms with E-state index in [-0.39, 0.29) is 5.88 Å². The zero-order chi connectivity index (χ0) is 8.69. The summed E-state index contributed by atoms with van der Waals surface area (Å²) in [6, 6.07) is -0.806. The van der Waals surface area contributed by atoms with Gasteiger partial charge in [-0.25, -0.2) is 0 Å². The normalized spacial score (nSPS) is 11.5. The van der Waals surface area contributed by atoms with Crippen LogP contribution in [0.15, 0.2) is 0 Å². The molecule has 3 nitrogen and oxygen atoms in total. The van der Waals surface area contributed by atoms with Gasteiger partial charge >= 0.3 is 5.97 Å². The maximum absolute atomic E-state index is 10.2. The summed E-state index contributed by atoms with van der Waals surface area (Å²) in [5.74, 6) is 4.60. The first kappa shape index (κ1) is 10.3. The lowest BCUT2D eigenvalue weighted by molar-refractivity contribution is -0.138. The number of carboxylic acid groups (broad SMARTS) is 1. The summed E-state index contributed by atoms with van der Waals surface area (Å²) in [5.41, 5.74) is 5.20. The molecule has 62 valence electrons. The maximum Gasteiger partial charge on any atom is 0.320 e. The third-order valence-electron chi connectivity index (χ3n) is 1.09. The first-order valence-corrected chi connectivity index (χ1v) is 3.72. The predicted octanol–water partition coefficient (Wildman–Crippen LogP) is 0.421. The Bertz CT molecular complexity index is 183. The molecule has 0 amide bonds. The molecule has 0 bridgehead atoms. The van der Waals surface area contributed by atoms with E-state index in [2.05, 4.69) is 11.8 Å². The van der Waals surface area contributed by atoms with Gasteiger partial charge in [-0.3, -0.25) is 4.79 Å². The second-order valence-electron chi connectivity index (χ2n) is 1.97. The summed E-state index contributed by atoms with van der Waals surface area (Å²) in [5, 5.41) is 8.34. The molecule has 0 saturated heterocycles. The van der Waals surface area contributed by atoms with E-state index >= 15 is 0 Å². The zero-order valence-electron chi connectivity index (χ0n) is 6.01. The van der Waals surface area contributed by atoms with Gasteiger partial charge in [0.15, 0.2) is 0 Å². The summed E-state index contributed by atoms with van der Waals surface area (Å²) >= 11 is 5.26. The number of nitrogens with two attached hydrogens (primary N) is 1. The van der Waals surface area contributed by atoms with Crippen LogP contribution in [-0.2, 0) is 4.79 Å². The Hall–Kier alpha value is -0.720. The molecule has 1 atom stereocenters. The van der Waals surface area contributed by atoms with Crippen LogP contribution >= 0.6 is 11.6 Å². The first-order valence-electron chi connectivity index (χ1n) is 3.18. The molecule has 0 spiro atoms. The largest absolute Gasteiger partial charge is 0.480 e. The van der Waals surface area contributed by atoms with Gasteiger partial charge in [-0.2, -0.15) is 0 Å². The minimum Gasteiger partial charge on any atom is -0.480 e. The SMILES string of the molecule is N[C@@H](CCC#CCCl)C(=O)O. The van der Waals surface area contributed by atoms with Gasteiger partial charge < -0.3 is 10.8 Å². The smallest absolute Gasteiger partial charge is 0.320 e. The molecule has 0 aromatic rings. The van der Waals surface area contributed by atoms with Gasteiger partial charge in [0.05, 0.1) is 5.88 Å². The Morgan fingerprint density at radius 2 is 2.27 bits per heavy atom. The van der Waals surface area contributed by atoms with Gasteiger partial charge in [0, 0.05) is 6.42 Å². The van der Waals surface area contributed by atoms with Crippen LogP contribution in [0.5, 0.6) is 0 Å². The fourth-order valence-electron chi connectivity index (χ4n) is 0.487. The molecule has 0 saturated carbocycles. The molecular weight excluding hydrogens is 166 g/mol. The molecule has 3 N–H and O–H groups in total. The van der Waals surface area contributed by atoms with E-state index in [1.54, 1.807) is 0 Å². The molecule has 0 heterocycles. The quantitative estimate of drug-likeness (QED) is 0.483. The molecule has 0 rings (SSSR count). The Morgan fingerprint density at radius 1 is 1.64 bits per heavy atom. The van der Waals surface area contributed by atoms with Gasteiger partial charge in [0.25, 0.3) is 0 Å². The number of halogens is 1. The minimum atomic E-state index is -0.988. The highest BCUT2D eigenvalue weighted by Gasteiger charge is 2.08. The van der Waals surface area contributed by atoms with Crippen LogP contribution in [0.25, 0.3) is 0 Å². The fraction of sp³-hybridized carbons (Fsp3) is 0.571. The van der Waals surface area contributed by atoms with E-state index in [4.69, 9.17) is 22.4 Å². The van der Waals surface area contributed by atoms with E-state index in [1.807, 2.05) is 0 Å². The van der Waals surface area contributed by atoms with E-state index in [0.29, 0.717) is 12.8 Å². The van der Waals surface area contributed by atoms with Crippen LogP contribution in [0.3, 0.4) is 0 Å². The van der Waals surface area contributed by atoms with Crippen molar-refractivity contribution in [3.63, 3.8) is 0 Å². The van der Waals surface area contributed by atoms with Crippen molar-refractivity contribution in [1.29, 1.82) is 0 Å². The van der Waals surface area contributed by atoms with Crippen LogP contribution in [-0.4, -0.2) is 23.0 Å². The molecule has 0 unspecified atom stereocenters. The molecule has 4 heteroatoms. The van der Waals surface area contributed by atoms with Gasteiger partial charge in [0.2, 0.25) is 0 Å². The minimum absolute atomic E-state index is 0.280. The van der Waals surface area contributed by atoms with Gasteiger partial charge in [-0.1, -0.05) is 5.92 Å². The lowest BCUT2D eigenvalue weighted by Crippen LogP contribution is -2.29. The van der Waals surface area contributed by atoms with Crippen LogP contribution in [0.1, 0.15) is 12.8 Å². The van der Waals surface area contributed by atoms with Crippen molar-refractivity contribution < 1.29 is 9.90 Å². The summed E-state index contributed by atoms with van der Waals surface area (Å²) in [6.45, 7) is 0. The van der Waals surface area contributed by atoms with Crippen molar-refractivity contribution >= 4 is 17.6 Å². The summed E-state index contributed by atoms with van der Waals surface area (Å²) in [4.78, 5) is 10.2. The number of rotatable bonds is 3. The van der Waals surface area contributed by atoms with Gasteiger partial charge in [-0.15, -0.1) is 17.5 Å². The third kappa shape index (κ3) is 5.71. The van der Waals surface area contributed by atoms with Gasteiger partial charge in [0.1, 0.15) is 6.04 Å². The molecule has 0 aliphatic carbocycles. The number of aliphatic carboxylic acids is 1. The Morgan fingerprint density at radius 3 is 2.73 bits per heavy atom. The first-order chi connectivity index (χ1) is 5.18. The van der Waals surface area contributed by atoms with Crippen molar-refractivity contribution in [2.75, 3.05) is 5.88 Å². The van der Waals surface area contributed by atoms with E-state index in [9.17, 15) is 4.79 Å². The Kier molecular flexibility index (Phi) is 5.63. The number of carbonyl (C=O) groups is 1. The molecule has 0 fully saturated rings. The summed E-state index contributed by atoms with van der Waals surface area (Å²) in [6.07, 6.45) is 0.861. The van der Waals surface area contributed by atoms with Crippen LogP contribution < -0.4 is 5.73 Å². The number of carboxylic acids is 1. The second kappa shape index (κ2) is 6.02. The topological polar surface area (TPSA) is 63.3 Å². The van der Waals surface area contributed by atoms with Crippen LogP contribution in [0, 0.1) is 11.8 Å². The average molecular weight is 176 g/mol. The van der Waals surface area contributed by atoms with Crippen molar-refractivity contribution in [1.82, 2.24) is 0 Å². The highest BCUT2D eigenvalue weighted by atomic mass is 35.5. The van der Waals surface area contributed by atoms with E-state index < -0.39 is 12.0 Å². The molecule has 0 aromatic heterocycles. The van der Waals surface area contributed by atoms with E-state index in [1.165, 1.54) is 0 Å². The standard InChI is InChI=1S/C7H10ClNO2/c8-5-3-1-2-4-6(9)7(10)11/h6H,2,4-5,9H2,(H,10,11)/t6-/m0/s1. The van der Waals surface area contributed by atoms with E-state index in [0.717, 1.165) is 0 Å². The van der Waals surface area contributed by atoms with Crippen molar-refractivity contribution in [2.45, 2.75) is 18.9 Å². The van der Waals surface area contributed by atoms with Crippen LogP contribution in [0.2, 0.25) is 0 Å². The number of hydrogen-bond donors (Lipinski definition) is 2. The highest BCUT2D eigenvalue weighted by molar-refractivity contribution is 6.19. The molecule has 0 aliphatic rings. The Balaban J connectivity index is 3.46. The Labute approximate surface area is 70.5 Å². The zero-order valence-corrected chi connectivity index (χ0v) is 6.77. The molecule has 0 aliphatic heterocycles. The summed E-state index contributed by atoms with van der Waals surface area (Å²) in [7, 11) is 0. The third-order valence-corrected chi connectivity index (χ3v) is 1.22. The second-order valence-corrected chi connectivity index (χ2v) is 2.24. The van der Waals surface area contributed by atoms with Crippen molar-refractivity contribution in [3.05, 3.63) is 0 Å². The average Bonchev–Trinajstić information content (AvgIpc) is 1.97.